The van der Waals surface area contributed by atoms with Gasteiger partial charge in [-0.15, -0.1) is 5.92 Å². The van der Waals surface area contributed by atoms with Crippen LogP contribution < -0.4 is 0 Å². The Kier molecular flexibility index (Phi) is 12.4. The van der Waals surface area contributed by atoms with E-state index in [4.69, 9.17) is 9.47 Å². The van der Waals surface area contributed by atoms with Crippen LogP contribution in [0.15, 0.2) is 24.3 Å². The van der Waals surface area contributed by atoms with E-state index in [1.165, 1.54) is 32.1 Å². The summed E-state index contributed by atoms with van der Waals surface area (Å²) in [7, 11) is 0. The fourth-order valence-electron chi connectivity index (χ4n) is 2.53. The summed E-state index contributed by atoms with van der Waals surface area (Å²) in [5, 5.41) is 0. The summed E-state index contributed by atoms with van der Waals surface area (Å²) in [5.74, 6) is 6.12. The van der Waals surface area contributed by atoms with Crippen LogP contribution in [0.3, 0.4) is 0 Å². The van der Waals surface area contributed by atoms with Gasteiger partial charge in [-0.2, -0.15) is 0 Å². The normalized spacial score (nSPS) is 10.2. The molecular weight excluding hydrogens is 312 g/mol. The van der Waals surface area contributed by atoms with Gasteiger partial charge in [-0.3, -0.25) is 4.79 Å². The first kappa shape index (κ1) is 21.3. The average molecular weight is 344 g/mol. The summed E-state index contributed by atoms with van der Waals surface area (Å²) in [6.45, 7) is 5.52. The van der Waals surface area contributed by atoms with Crippen LogP contribution in [0.2, 0.25) is 0 Å². The SMILES string of the molecule is CCCCCCCC#CCOCc1cccc(CCC(=O)OCC)c1. The van der Waals surface area contributed by atoms with Crippen LogP contribution in [0, 0.1) is 11.8 Å². The van der Waals surface area contributed by atoms with Gasteiger partial charge in [0.25, 0.3) is 0 Å². The van der Waals surface area contributed by atoms with E-state index < -0.39 is 0 Å². The predicted octanol–water partition coefficient (Wildman–Crippen LogP) is 5.06. The van der Waals surface area contributed by atoms with Crippen molar-refractivity contribution in [2.24, 2.45) is 0 Å². The van der Waals surface area contributed by atoms with E-state index in [1.54, 1.807) is 0 Å². The van der Waals surface area contributed by atoms with E-state index >= 15 is 0 Å². The predicted molar refractivity (Wildman–Crippen MR) is 102 cm³/mol. The fraction of sp³-hybridized carbons (Fsp3) is 0.591. The third kappa shape index (κ3) is 11.4. The van der Waals surface area contributed by atoms with Crippen molar-refractivity contribution in [3.8, 4) is 11.8 Å². The van der Waals surface area contributed by atoms with Crippen molar-refractivity contribution in [1.29, 1.82) is 0 Å². The molecule has 0 amide bonds. The molecule has 0 bridgehead atoms. The van der Waals surface area contributed by atoms with Gasteiger partial charge in [0.1, 0.15) is 6.61 Å². The minimum absolute atomic E-state index is 0.144. The van der Waals surface area contributed by atoms with Crippen LogP contribution in [-0.2, 0) is 27.3 Å². The smallest absolute Gasteiger partial charge is 0.306 e. The molecule has 0 aromatic heterocycles. The molecule has 1 rings (SSSR count). The highest BCUT2D eigenvalue weighted by molar-refractivity contribution is 5.69. The van der Waals surface area contributed by atoms with Gasteiger partial charge < -0.3 is 9.47 Å². The number of aryl methyl sites for hydroxylation is 1. The number of hydrogen-bond acceptors (Lipinski definition) is 3. The molecule has 0 saturated heterocycles. The second kappa shape index (κ2) is 14.5. The molecule has 3 heteroatoms. The Bertz CT molecular complexity index is 540. The van der Waals surface area contributed by atoms with Gasteiger partial charge >= 0.3 is 5.97 Å². The summed E-state index contributed by atoms with van der Waals surface area (Å²) in [6.07, 6.45) is 8.49. The first-order chi connectivity index (χ1) is 12.3. The largest absolute Gasteiger partial charge is 0.466 e. The molecule has 0 aliphatic heterocycles. The molecule has 1 aromatic rings. The van der Waals surface area contributed by atoms with Crippen molar-refractivity contribution >= 4 is 5.97 Å². The molecule has 0 N–H and O–H groups in total. The summed E-state index contributed by atoms with van der Waals surface area (Å²) >= 11 is 0. The first-order valence-corrected chi connectivity index (χ1v) is 9.53. The van der Waals surface area contributed by atoms with Crippen LogP contribution >= 0.6 is 0 Å². The molecule has 0 spiro atoms. The molecule has 0 atom stereocenters. The Morgan fingerprint density at radius 2 is 1.84 bits per heavy atom. The number of ether oxygens (including phenoxy) is 2. The maximum Gasteiger partial charge on any atom is 0.306 e. The Labute approximate surface area is 153 Å². The molecule has 0 saturated carbocycles. The molecule has 3 nitrogen and oxygen atoms in total. The van der Waals surface area contributed by atoms with Gasteiger partial charge in [0.15, 0.2) is 0 Å². The molecule has 0 aliphatic carbocycles. The van der Waals surface area contributed by atoms with E-state index in [1.807, 2.05) is 25.1 Å². The third-order valence-corrected chi connectivity index (χ3v) is 3.89. The minimum atomic E-state index is -0.144. The molecule has 0 heterocycles. The Hall–Kier alpha value is -1.79. The number of benzene rings is 1. The zero-order valence-corrected chi connectivity index (χ0v) is 15.8. The number of hydrogen-bond donors (Lipinski definition) is 0. The lowest BCUT2D eigenvalue weighted by atomic mass is 10.1. The van der Waals surface area contributed by atoms with E-state index in [0.29, 0.717) is 32.7 Å². The lowest BCUT2D eigenvalue weighted by Crippen LogP contribution is -2.05. The molecule has 0 fully saturated rings. The minimum Gasteiger partial charge on any atom is -0.466 e. The van der Waals surface area contributed by atoms with Crippen molar-refractivity contribution in [3.05, 3.63) is 35.4 Å². The summed E-state index contributed by atoms with van der Waals surface area (Å²) < 4.78 is 10.6. The summed E-state index contributed by atoms with van der Waals surface area (Å²) in [6, 6.07) is 8.15. The number of unbranched alkanes of at least 4 members (excludes halogenated alkanes) is 5. The maximum absolute atomic E-state index is 11.4. The van der Waals surface area contributed by atoms with Crippen LogP contribution in [-0.4, -0.2) is 19.2 Å². The van der Waals surface area contributed by atoms with Gasteiger partial charge in [0, 0.05) is 12.8 Å². The molecule has 1 aromatic carbocycles. The Morgan fingerprint density at radius 1 is 1.04 bits per heavy atom. The number of rotatable bonds is 12. The van der Waals surface area contributed by atoms with Crippen LogP contribution in [0.25, 0.3) is 0 Å². The van der Waals surface area contributed by atoms with Gasteiger partial charge in [0.05, 0.1) is 13.2 Å². The summed E-state index contributed by atoms with van der Waals surface area (Å²) in [5.41, 5.74) is 2.25. The maximum atomic E-state index is 11.4. The molecule has 0 aliphatic rings. The second-order valence-electron chi connectivity index (χ2n) is 6.14. The van der Waals surface area contributed by atoms with E-state index in [2.05, 4.69) is 24.8 Å². The van der Waals surface area contributed by atoms with Crippen LogP contribution in [0.4, 0.5) is 0 Å². The van der Waals surface area contributed by atoms with Crippen molar-refractivity contribution in [1.82, 2.24) is 0 Å². The summed E-state index contributed by atoms with van der Waals surface area (Å²) in [4.78, 5) is 11.4. The topological polar surface area (TPSA) is 35.5 Å². The third-order valence-electron chi connectivity index (χ3n) is 3.89. The highest BCUT2D eigenvalue weighted by atomic mass is 16.5. The lowest BCUT2D eigenvalue weighted by Gasteiger charge is -2.05. The molecule has 0 radical (unpaired) electrons. The number of carbonyl (C=O) groups is 1. The van der Waals surface area contributed by atoms with E-state index in [0.717, 1.165) is 17.5 Å². The van der Waals surface area contributed by atoms with Gasteiger partial charge in [-0.1, -0.05) is 62.8 Å². The zero-order valence-electron chi connectivity index (χ0n) is 15.8. The van der Waals surface area contributed by atoms with E-state index in [-0.39, 0.29) is 5.97 Å². The monoisotopic (exact) mass is 344 g/mol. The quantitative estimate of drug-likeness (QED) is 0.302. The number of esters is 1. The van der Waals surface area contributed by atoms with Gasteiger partial charge in [-0.25, -0.2) is 0 Å². The lowest BCUT2D eigenvalue weighted by molar-refractivity contribution is -0.143. The van der Waals surface area contributed by atoms with Crippen molar-refractivity contribution in [2.45, 2.75) is 71.8 Å². The molecule has 25 heavy (non-hydrogen) atoms. The second-order valence-corrected chi connectivity index (χ2v) is 6.14. The van der Waals surface area contributed by atoms with Crippen molar-refractivity contribution in [3.63, 3.8) is 0 Å². The average Bonchev–Trinajstić information content (AvgIpc) is 2.62. The van der Waals surface area contributed by atoms with E-state index in [9.17, 15) is 4.79 Å². The fourth-order valence-corrected chi connectivity index (χ4v) is 2.53. The van der Waals surface area contributed by atoms with Gasteiger partial charge in [-0.05, 0) is 30.9 Å². The van der Waals surface area contributed by atoms with Crippen molar-refractivity contribution in [2.75, 3.05) is 13.2 Å². The Balaban J connectivity index is 2.18. The van der Waals surface area contributed by atoms with Crippen LogP contribution in [0.5, 0.6) is 0 Å². The van der Waals surface area contributed by atoms with Gasteiger partial charge in [0.2, 0.25) is 0 Å². The zero-order chi connectivity index (χ0) is 18.2. The molecule has 138 valence electrons. The highest BCUT2D eigenvalue weighted by Crippen LogP contribution is 2.09. The molecule has 0 unspecified atom stereocenters. The van der Waals surface area contributed by atoms with Crippen molar-refractivity contribution < 1.29 is 14.3 Å². The molecular formula is C22H32O3. The Morgan fingerprint density at radius 3 is 2.64 bits per heavy atom. The number of carbonyl (C=O) groups excluding carboxylic acids is 1. The highest BCUT2D eigenvalue weighted by Gasteiger charge is 2.03. The first-order valence-electron chi connectivity index (χ1n) is 9.53. The van der Waals surface area contributed by atoms with Crippen LogP contribution in [0.1, 0.15) is 69.9 Å². The standard InChI is InChI=1S/C22H32O3/c1-3-5-6-7-8-9-10-11-17-24-19-21-14-12-13-20(18-21)15-16-22(23)25-4-2/h12-14,18H,3-9,15-17,19H2,1-2H3.